The molecule has 0 aromatic rings. The average Bonchev–Trinajstić information content (AvgIpc) is 2.19. The van der Waals surface area contributed by atoms with Crippen molar-refractivity contribution < 1.29 is 29.2 Å². The van der Waals surface area contributed by atoms with Crippen LogP contribution in [-0.2, 0) is 18.9 Å². The zero-order valence-corrected chi connectivity index (χ0v) is 8.41. The first kappa shape index (κ1) is 11.8. The number of aliphatic hydroxyl groups excluding tert-OH is 2. The van der Waals surface area contributed by atoms with Gasteiger partial charge in [0.25, 0.3) is 0 Å². The highest BCUT2D eigenvalue weighted by atomic mass is 16.8. The summed E-state index contributed by atoms with van der Waals surface area (Å²) in [6.07, 6.45) is -4.56. The van der Waals surface area contributed by atoms with Crippen LogP contribution in [0.4, 0.5) is 0 Å². The van der Waals surface area contributed by atoms with Gasteiger partial charge in [-0.15, -0.1) is 0 Å². The molecule has 0 amide bonds. The fourth-order valence-electron chi connectivity index (χ4n) is 1.47. The third-order valence-electron chi connectivity index (χ3n) is 2.24. The molecular formula is C8H16O6. The van der Waals surface area contributed by atoms with Gasteiger partial charge >= 0.3 is 0 Å². The summed E-state index contributed by atoms with van der Waals surface area (Å²) in [6, 6.07) is 0. The van der Waals surface area contributed by atoms with Gasteiger partial charge in [0.05, 0.1) is 0 Å². The highest BCUT2D eigenvalue weighted by Gasteiger charge is 2.45. The largest absolute Gasteiger partial charge is 0.385 e. The molecule has 1 aliphatic heterocycles. The summed E-state index contributed by atoms with van der Waals surface area (Å²) in [5.41, 5.74) is 0. The van der Waals surface area contributed by atoms with E-state index in [0.29, 0.717) is 0 Å². The lowest BCUT2D eigenvalue weighted by molar-refractivity contribution is -0.343. The Hall–Kier alpha value is -0.240. The van der Waals surface area contributed by atoms with Crippen molar-refractivity contribution in [3.63, 3.8) is 0 Å². The Morgan fingerprint density at radius 1 is 0.857 bits per heavy atom. The molecule has 0 radical (unpaired) electrons. The van der Waals surface area contributed by atoms with E-state index >= 15 is 0 Å². The van der Waals surface area contributed by atoms with Crippen LogP contribution < -0.4 is 0 Å². The Morgan fingerprint density at radius 3 is 1.57 bits per heavy atom. The molecule has 0 spiro atoms. The summed E-state index contributed by atoms with van der Waals surface area (Å²) in [4.78, 5) is 0. The second kappa shape index (κ2) is 5.01. The number of hydrogen-bond acceptors (Lipinski definition) is 6. The summed E-state index contributed by atoms with van der Waals surface area (Å²) in [6.45, 7) is 0. The molecule has 1 rings (SSSR count). The lowest BCUT2D eigenvalue weighted by atomic mass is 10.0. The van der Waals surface area contributed by atoms with Crippen LogP contribution >= 0.6 is 0 Å². The molecule has 1 aliphatic rings. The molecule has 4 unspecified atom stereocenters. The van der Waals surface area contributed by atoms with Crippen LogP contribution in [0.3, 0.4) is 0 Å². The molecule has 0 aromatic heterocycles. The third kappa shape index (κ3) is 2.05. The molecule has 1 heterocycles. The van der Waals surface area contributed by atoms with Gasteiger partial charge in [-0.3, -0.25) is 0 Å². The van der Waals surface area contributed by atoms with Crippen LogP contribution in [0.1, 0.15) is 0 Å². The first-order valence-electron chi connectivity index (χ1n) is 4.25. The summed E-state index contributed by atoms with van der Waals surface area (Å²) in [5.74, 6) is 0. The molecule has 0 aliphatic carbocycles. The van der Waals surface area contributed by atoms with E-state index in [4.69, 9.17) is 18.9 Å². The van der Waals surface area contributed by atoms with Crippen LogP contribution in [0.25, 0.3) is 0 Å². The van der Waals surface area contributed by atoms with Gasteiger partial charge in [0.2, 0.25) is 0 Å². The van der Waals surface area contributed by atoms with Crippen molar-refractivity contribution in [1.29, 1.82) is 0 Å². The monoisotopic (exact) mass is 208 g/mol. The van der Waals surface area contributed by atoms with Crippen molar-refractivity contribution in [2.24, 2.45) is 0 Å². The van der Waals surface area contributed by atoms with Crippen LogP contribution in [0, 0.1) is 0 Å². The fourth-order valence-corrected chi connectivity index (χ4v) is 1.47. The smallest absolute Gasteiger partial charge is 0.188 e. The van der Waals surface area contributed by atoms with Gasteiger partial charge in [0.1, 0.15) is 18.3 Å². The van der Waals surface area contributed by atoms with Crippen molar-refractivity contribution in [2.75, 3.05) is 21.3 Å². The quantitative estimate of drug-likeness (QED) is 0.600. The third-order valence-corrected chi connectivity index (χ3v) is 2.24. The van der Waals surface area contributed by atoms with E-state index < -0.39 is 30.9 Å². The molecule has 0 aromatic carbocycles. The minimum atomic E-state index is -1.04. The van der Waals surface area contributed by atoms with Crippen LogP contribution in [0.15, 0.2) is 0 Å². The Morgan fingerprint density at radius 2 is 1.29 bits per heavy atom. The summed E-state index contributed by atoms with van der Waals surface area (Å²) in [7, 11) is 4.18. The summed E-state index contributed by atoms with van der Waals surface area (Å²) in [5, 5.41) is 19.2. The van der Waals surface area contributed by atoms with Crippen LogP contribution in [0.5, 0.6) is 0 Å². The SMILES string of the molecule is COC1OC(OC)C(O)C(OC)C1O. The molecule has 6 heteroatoms. The van der Waals surface area contributed by atoms with E-state index in [-0.39, 0.29) is 0 Å². The van der Waals surface area contributed by atoms with E-state index in [0.717, 1.165) is 0 Å². The molecule has 0 saturated carbocycles. The number of hydrogen-bond donors (Lipinski definition) is 2. The maximum atomic E-state index is 9.62. The van der Waals surface area contributed by atoms with Crippen molar-refractivity contribution in [1.82, 2.24) is 0 Å². The molecule has 0 bridgehead atoms. The van der Waals surface area contributed by atoms with E-state index in [1.807, 2.05) is 0 Å². The molecule has 4 atom stereocenters. The first-order chi connectivity index (χ1) is 6.65. The normalized spacial score (nSPS) is 43.9. The van der Waals surface area contributed by atoms with E-state index in [9.17, 15) is 10.2 Å². The van der Waals surface area contributed by atoms with Gasteiger partial charge in [-0.2, -0.15) is 0 Å². The van der Waals surface area contributed by atoms with E-state index in [2.05, 4.69) is 0 Å². The predicted octanol–water partition coefficient (Wildman–Crippen LogP) is -1.30. The van der Waals surface area contributed by atoms with Gasteiger partial charge < -0.3 is 29.2 Å². The highest BCUT2D eigenvalue weighted by molar-refractivity contribution is 4.86. The van der Waals surface area contributed by atoms with Gasteiger partial charge in [-0.1, -0.05) is 0 Å². The minimum absolute atomic E-state index is 0.779. The van der Waals surface area contributed by atoms with E-state index in [1.54, 1.807) is 0 Å². The minimum Gasteiger partial charge on any atom is -0.385 e. The molecular weight excluding hydrogens is 192 g/mol. The van der Waals surface area contributed by atoms with Crippen LogP contribution in [-0.4, -0.2) is 62.4 Å². The summed E-state index contributed by atoms with van der Waals surface area (Å²) >= 11 is 0. The number of methoxy groups -OCH3 is 3. The number of rotatable bonds is 3. The maximum absolute atomic E-state index is 9.62. The molecule has 14 heavy (non-hydrogen) atoms. The Balaban J connectivity index is 2.72. The van der Waals surface area contributed by atoms with Gasteiger partial charge in [0.15, 0.2) is 12.6 Å². The standard InChI is InChI=1S/C8H16O6/c1-11-6-4(9)7(12-2)14-8(13-3)5(6)10/h4-10H,1-3H3. The van der Waals surface area contributed by atoms with Crippen molar-refractivity contribution in [2.45, 2.75) is 30.9 Å². The summed E-state index contributed by atoms with van der Waals surface area (Å²) < 4.78 is 19.8. The van der Waals surface area contributed by atoms with Gasteiger partial charge in [-0.05, 0) is 0 Å². The molecule has 2 N–H and O–H groups in total. The predicted molar refractivity (Wildman–Crippen MR) is 45.5 cm³/mol. The molecule has 1 saturated heterocycles. The van der Waals surface area contributed by atoms with Gasteiger partial charge in [0, 0.05) is 21.3 Å². The average molecular weight is 208 g/mol. The number of ether oxygens (including phenoxy) is 4. The van der Waals surface area contributed by atoms with Crippen molar-refractivity contribution in [3.8, 4) is 0 Å². The Labute approximate surface area is 82.3 Å². The lowest BCUT2D eigenvalue weighted by Crippen LogP contribution is -2.59. The molecule has 84 valence electrons. The second-order valence-electron chi connectivity index (χ2n) is 3.03. The van der Waals surface area contributed by atoms with Crippen molar-refractivity contribution >= 4 is 0 Å². The highest BCUT2D eigenvalue weighted by Crippen LogP contribution is 2.23. The Bertz CT molecular complexity index is 159. The first-order valence-corrected chi connectivity index (χ1v) is 4.25. The molecule has 1 fully saturated rings. The Kier molecular flexibility index (Phi) is 4.24. The topological polar surface area (TPSA) is 77.4 Å². The second-order valence-corrected chi connectivity index (χ2v) is 3.03. The van der Waals surface area contributed by atoms with E-state index in [1.165, 1.54) is 21.3 Å². The molecule has 6 nitrogen and oxygen atoms in total. The maximum Gasteiger partial charge on any atom is 0.188 e. The zero-order chi connectivity index (χ0) is 10.7. The zero-order valence-electron chi connectivity index (χ0n) is 8.41. The van der Waals surface area contributed by atoms with Gasteiger partial charge in [-0.25, -0.2) is 0 Å². The van der Waals surface area contributed by atoms with Crippen LogP contribution in [0.2, 0.25) is 0 Å². The lowest BCUT2D eigenvalue weighted by Gasteiger charge is -2.40. The fraction of sp³-hybridized carbons (Fsp3) is 1.00. The number of aliphatic hydroxyl groups is 2. The van der Waals surface area contributed by atoms with Crippen molar-refractivity contribution in [3.05, 3.63) is 0 Å².